The van der Waals surface area contributed by atoms with Crippen LogP contribution in [0.2, 0.25) is 5.02 Å². The second-order valence-corrected chi connectivity index (χ2v) is 9.16. The van der Waals surface area contributed by atoms with E-state index in [9.17, 15) is 26.4 Å². The van der Waals surface area contributed by atoms with E-state index in [-0.39, 0.29) is 21.4 Å². The molecule has 2 N–H and O–H groups in total. The van der Waals surface area contributed by atoms with Crippen LogP contribution in [0.4, 0.5) is 24.5 Å². The number of carbonyl (C=O) groups is 1. The molecule has 3 rings (SSSR count). The SMILES string of the molecule is CCOc1ccc(NS(=O)(=O)c2ccc(OCC(=O)Nc3ccc(C(F)(F)F)cc3)c(Cl)c2)cc1. The van der Waals surface area contributed by atoms with Crippen molar-refractivity contribution in [1.82, 2.24) is 0 Å². The fourth-order valence-corrected chi connectivity index (χ4v) is 4.23. The summed E-state index contributed by atoms with van der Waals surface area (Å²) in [4.78, 5) is 11.9. The monoisotopic (exact) mass is 528 g/mol. The first-order valence-corrected chi connectivity index (χ1v) is 12.0. The zero-order valence-corrected chi connectivity index (χ0v) is 19.8. The molecule has 7 nitrogen and oxygen atoms in total. The Bertz CT molecular complexity index is 1280. The zero-order chi connectivity index (χ0) is 25.6. The smallest absolute Gasteiger partial charge is 0.416 e. The lowest BCUT2D eigenvalue weighted by atomic mass is 10.2. The van der Waals surface area contributed by atoms with Crippen LogP contribution in [0.25, 0.3) is 0 Å². The quantitative estimate of drug-likeness (QED) is 0.378. The van der Waals surface area contributed by atoms with Crippen molar-refractivity contribution in [2.45, 2.75) is 18.0 Å². The summed E-state index contributed by atoms with van der Waals surface area (Å²) in [7, 11) is -3.95. The van der Waals surface area contributed by atoms with E-state index in [0.717, 1.165) is 24.3 Å². The number of benzene rings is 3. The van der Waals surface area contributed by atoms with Gasteiger partial charge in [0.2, 0.25) is 0 Å². The minimum atomic E-state index is -4.48. The maximum atomic E-state index is 12.7. The predicted molar refractivity (Wildman–Crippen MR) is 125 cm³/mol. The van der Waals surface area contributed by atoms with Crippen molar-refractivity contribution in [3.8, 4) is 11.5 Å². The Kier molecular flexibility index (Phi) is 8.13. The number of alkyl halides is 3. The lowest BCUT2D eigenvalue weighted by Crippen LogP contribution is -2.20. The number of anilines is 2. The van der Waals surface area contributed by atoms with Crippen LogP contribution in [-0.2, 0) is 21.0 Å². The Morgan fingerprint density at radius 3 is 2.14 bits per heavy atom. The molecule has 35 heavy (non-hydrogen) atoms. The first kappa shape index (κ1) is 26.2. The average molecular weight is 529 g/mol. The molecule has 0 radical (unpaired) electrons. The molecule has 0 saturated carbocycles. The number of sulfonamides is 1. The number of amides is 1. The topological polar surface area (TPSA) is 93.7 Å². The Morgan fingerprint density at radius 2 is 1.57 bits per heavy atom. The van der Waals surface area contributed by atoms with Crippen LogP contribution in [0.5, 0.6) is 11.5 Å². The zero-order valence-electron chi connectivity index (χ0n) is 18.2. The molecular weight excluding hydrogens is 509 g/mol. The molecule has 0 spiro atoms. The Morgan fingerprint density at radius 1 is 0.943 bits per heavy atom. The fourth-order valence-electron chi connectivity index (χ4n) is 2.85. The lowest BCUT2D eigenvalue weighted by molar-refractivity contribution is -0.137. The lowest BCUT2D eigenvalue weighted by Gasteiger charge is -2.12. The van der Waals surface area contributed by atoms with Crippen LogP contribution in [0.1, 0.15) is 12.5 Å². The number of rotatable bonds is 9. The van der Waals surface area contributed by atoms with Gasteiger partial charge in [-0.2, -0.15) is 13.2 Å². The standard InChI is InChI=1S/C23H20ClF3N2O5S/c1-2-33-18-9-7-17(8-10-18)29-35(31,32)19-11-12-21(20(24)13-19)34-14-22(30)28-16-5-3-15(4-6-16)23(25,26)27/h3-13,29H,2,14H2,1H3,(H,28,30). The highest BCUT2D eigenvalue weighted by Gasteiger charge is 2.30. The second-order valence-electron chi connectivity index (χ2n) is 7.07. The number of nitrogens with one attached hydrogen (secondary N) is 2. The van der Waals surface area contributed by atoms with Crippen molar-refractivity contribution in [3.05, 3.63) is 77.3 Å². The summed E-state index contributed by atoms with van der Waals surface area (Å²) >= 11 is 6.13. The molecule has 0 aromatic heterocycles. The normalized spacial score (nSPS) is 11.6. The summed E-state index contributed by atoms with van der Waals surface area (Å²) in [5.41, 5.74) is -0.366. The highest BCUT2D eigenvalue weighted by Crippen LogP contribution is 2.30. The number of ether oxygens (including phenoxy) is 2. The van der Waals surface area contributed by atoms with Gasteiger partial charge in [0.15, 0.2) is 6.61 Å². The van der Waals surface area contributed by atoms with Gasteiger partial charge in [-0.1, -0.05) is 11.6 Å². The number of carbonyl (C=O) groups excluding carboxylic acids is 1. The summed E-state index contributed by atoms with van der Waals surface area (Å²) in [6.45, 7) is 1.81. The molecule has 0 heterocycles. The average Bonchev–Trinajstić information content (AvgIpc) is 2.79. The van der Waals surface area contributed by atoms with Gasteiger partial charge in [-0.25, -0.2) is 8.42 Å². The molecule has 0 unspecified atom stereocenters. The van der Waals surface area contributed by atoms with Gasteiger partial charge >= 0.3 is 6.18 Å². The second kappa shape index (κ2) is 10.9. The Labute approximate surface area is 204 Å². The van der Waals surface area contributed by atoms with Crippen molar-refractivity contribution < 1.29 is 35.9 Å². The molecule has 186 valence electrons. The highest BCUT2D eigenvalue weighted by atomic mass is 35.5. The van der Waals surface area contributed by atoms with Crippen molar-refractivity contribution in [1.29, 1.82) is 0 Å². The van der Waals surface area contributed by atoms with Gasteiger partial charge in [0.1, 0.15) is 11.5 Å². The summed E-state index contributed by atoms with van der Waals surface area (Å²) in [6, 6.07) is 14.0. The number of halogens is 4. The van der Waals surface area contributed by atoms with E-state index in [1.165, 1.54) is 18.2 Å². The predicted octanol–water partition coefficient (Wildman–Crippen LogP) is 5.58. The van der Waals surface area contributed by atoms with Crippen molar-refractivity contribution >= 4 is 38.9 Å². The van der Waals surface area contributed by atoms with E-state index in [0.29, 0.717) is 18.0 Å². The molecule has 12 heteroatoms. The maximum absolute atomic E-state index is 12.7. The van der Waals surface area contributed by atoms with Crippen molar-refractivity contribution in [2.24, 2.45) is 0 Å². The van der Waals surface area contributed by atoms with E-state index in [4.69, 9.17) is 21.1 Å². The Hall–Kier alpha value is -3.44. The third-order valence-corrected chi connectivity index (χ3v) is 6.16. The van der Waals surface area contributed by atoms with Gasteiger partial charge < -0.3 is 14.8 Å². The molecule has 3 aromatic rings. The summed E-state index contributed by atoms with van der Waals surface area (Å²) < 4.78 is 76.2. The molecule has 1 amide bonds. The summed E-state index contributed by atoms with van der Waals surface area (Å²) in [5, 5.41) is 2.34. The van der Waals surface area contributed by atoms with Gasteiger partial charge in [-0.05, 0) is 73.7 Å². The van der Waals surface area contributed by atoms with Crippen LogP contribution in [0.3, 0.4) is 0 Å². The van der Waals surface area contributed by atoms with Crippen LogP contribution in [0, 0.1) is 0 Å². The van der Waals surface area contributed by atoms with Gasteiger partial charge in [0.25, 0.3) is 15.9 Å². The number of hydrogen-bond acceptors (Lipinski definition) is 5. The van der Waals surface area contributed by atoms with E-state index >= 15 is 0 Å². The van der Waals surface area contributed by atoms with Gasteiger partial charge in [0, 0.05) is 11.4 Å². The Balaban J connectivity index is 1.59. The third-order valence-electron chi connectivity index (χ3n) is 4.49. The summed E-state index contributed by atoms with van der Waals surface area (Å²) in [5.74, 6) is 0.00583. The van der Waals surface area contributed by atoms with Gasteiger partial charge in [-0.15, -0.1) is 0 Å². The van der Waals surface area contributed by atoms with Crippen LogP contribution >= 0.6 is 11.6 Å². The molecule has 0 atom stereocenters. The van der Waals surface area contributed by atoms with Crippen molar-refractivity contribution in [3.63, 3.8) is 0 Å². The largest absolute Gasteiger partial charge is 0.494 e. The summed E-state index contributed by atoms with van der Waals surface area (Å²) in [6.07, 6.45) is -4.48. The molecule has 0 aliphatic carbocycles. The molecule has 0 saturated heterocycles. The van der Waals surface area contributed by atoms with Crippen LogP contribution < -0.4 is 19.5 Å². The first-order valence-electron chi connectivity index (χ1n) is 10.1. The molecule has 0 aliphatic rings. The van der Waals surface area contributed by atoms with E-state index in [2.05, 4.69) is 10.0 Å². The highest BCUT2D eigenvalue weighted by molar-refractivity contribution is 7.92. The molecule has 0 aliphatic heterocycles. The van der Waals surface area contributed by atoms with E-state index in [1.807, 2.05) is 6.92 Å². The molecule has 3 aromatic carbocycles. The molecule has 0 fully saturated rings. The number of hydrogen-bond donors (Lipinski definition) is 2. The first-order chi connectivity index (χ1) is 16.5. The van der Waals surface area contributed by atoms with E-state index < -0.39 is 34.3 Å². The van der Waals surface area contributed by atoms with Gasteiger partial charge in [0.05, 0.1) is 22.1 Å². The fraction of sp³-hybridized carbons (Fsp3) is 0.174. The van der Waals surface area contributed by atoms with Gasteiger partial charge in [-0.3, -0.25) is 9.52 Å². The van der Waals surface area contributed by atoms with Crippen LogP contribution in [0.15, 0.2) is 71.6 Å². The minimum Gasteiger partial charge on any atom is -0.494 e. The molecular formula is C23H20ClF3N2O5S. The molecule has 0 bridgehead atoms. The maximum Gasteiger partial charge on any atom is 0.416 e. The minimum absolute atomic E-state index is 0.0502. The van der Waals surface area contributed by atoms with Crippen LogP contribution in [-0.4, -0.2) is 27.5 Å². The third kappa shape index (κ3) is 7.27. The van der Waals surface area contributed by atoms with E-state index in [1.54, 1.807) is 24.3 Å². The van der Waals surface area contributed by atoms with Crippen molar-refractivity contribution in [2.75, 3.05) is 23.3 Å².